The standard InChI is InChI=1S/C15H16N2O2.ClH/c1-18-14-9-12(15(16)17)7-8-13(14)19-10-11-5-3-2-4-6-11;/h2-9H,10H2,1H3,(H3,16,17);1H. The van der Waals surface area contributed by atoms with Gasteiger partial charge in [0, 0.05) is 5.56 Å². The molecule has 0 saturated heterocycles. The Morgan fingerprint density at radius 3 is 2.40 bits per heavy atom. The molecule has 0 aromatic heterocycles. The van der Waals surface area contributed by atoms with Crippen molar-refractivity contribution in [2.24, 2.45) is 5.73 Å². The van der Waals surface area contributed by atoms with Crippen LogP contribution < -0.4 is 15.2 Å². The lowest BCUT2D eigenvalue weighted by Gasteiger charge is -2.11. The van der Waals surface area contributed by atoms with Gasteiger partial charge in [0.1, 0.15) is 12.4 Å². The van der Waals surface area contributed by atoms with Gasteiger partial charge in [-0.05, 0) is 23.8 Å². The average Bonchev–Trinajstić information content (AvgIpc) is 2.45. The Labute approximate surface area is 124 Å². The molecule has 0 saturated carbocycles. The lowest BCUT2D eigenvalue weighted by molar-refractivity contribution is 0.284. The van der Waals surface area contributed by atoms with Crippen molar-refractivity contribution < 1.29 is 9.47 Å². The Morgan fingerprint density at radius 2 is 1.80 bits per heavy atom. The van der Waals surface area contributed by atoms with E-state index in [-0.39, 0.29) is 18.2 Å². The van der Waals surface area contributed by atoms with E-state index in [0.717, 1.165) is 5.56 Å². The molecule has 0 aliphatic heterocycles. The maximum Gasteiger partial charge on any atom is 0.161 e. The minimum absolute atomic E-state index is 0. The van der Waals surface area contributed by atoms with Crippen molar-refractivity contribution in [3.63, 3.8) is 0 Å². The van der Waals surface area contributed by atoms with Crippen LogP contribution >= 0.6 is 12.4 Å². The molecule has 3 N–H and O–H groups in total. The van der Waals surface area contributed by atoms with Crippen LogP contribution in [0, 0.1) is 5.41 Å². The number of hydrogen-bond acceptors (Lipinski definition) is 3. The third-order valence-electron chi connectivity index (χ3n) is 2.71. The molecule has 0 unspecified atom stereocenters. The van der Waals surface area contributed by atoms with Gasteiger partial charge < -0.3 is 15.2 Å². The van der Waals surface area contributed by atoms with Gasteiger partial charge in [-0.1, -0.05) is 30.3 Å². The van der Waals surface area contributed by atoms with E-state index in [0.29, 0.717) is 23.7 Å². The topological polar surface area (TPSA) is 68.3 Å². The molecule has 0 atom stereocenters. The molecule has 0 fully saturated rings. The third-order valence-corrected chi connectivity index (χ3v) is 2.71. The summed E-state index contributed by atoms with van der Waals surface area (Å²) in [6.07, 6.45) is 0. The summed E-state index contributed by atoms with van der Waals surface area (Å²) >= 11 is 0. The number of amidine groups is 1. The van der Waals surface area contributed by atoms with E-state index in [9.17, 15) is 0 Å². The molecule has 0 bridgehead atoms. The molecule has 0 heterocycles. The molecule has 0 aliphatic carbocycles. The molecule has 20 heavy (non-hydrogen) atoms. The zero-order valence-electron chi connectivity index (χ0n) is 11.1. The van der Waals surface area contributed by atoms with E-state index in [1.807, 2.05) is 30.3 Å². The molecular weight excluding hydrogens is 276 g/mol. The van der Waals surface area contributed by atoms with Crippen LogP contribution in [-0.4, -0.2) is 12.9 Å². The van der Waals surface area contributed by atoms with Gasteiger partial charge in [0.2, 0.25) is 0 Å². The Morgan fingerprint density at radius 1 is 1.10 bits per heavy atom. The summed E-state index contributed by atoms with van der Waals surface area (Å²) in [5.41, 5.74) is 7.14. The highest BCUT2D eigenvalue weighted by atomic mass is 35.5. The zero-order valence-corrected chi connectivity index (χ0v) is 11.9. The van der Waals surface area contributed by atoms with Gasteiger partial charge in [0.25, 0.3) is 0 Å². The summed E-state index contributed by atoms with van der Waals surface area (Å²) in [6, 6.07) is 15.1. The molecule has 106 valence electrons. The van der Waals surface area contributed by atoms with Crippen molar-refractivity contribution in [1.29, 1.82) is 5.41 Å². The van der Waals surface area contributed by atoms with Crippen molar-refractivity contribution >= 4 is 18.2 Å². The first-order valence-corrected chi connectivity index (χ1v) is 5.90. The molecule has 0 radical (unpaired) electrons. The minimum Gasteiger partial charge on any atom is -0.493 e. The summed E-state index contributed by atoms with van der Waals surface area (Å²) < 4.78 is 11.0. The summed E-state index contributed by atoms with van der Waals surface area (Å²) in [4.78, 5) is 0. The van der Waals surface area contributed by atoms with Crippen molar-refractivity contribution in [2.45, 2.75) is 6.61 Å². The first-order chi connectivity index (χ1) is 9.20. The van der Waals surface area contributed by atoms with Crippen molar-refractivity contribution in [1.82, 2.24) is 0 Å². The SMILES string of the molecule is COc1cc(C(=N)N)ccc1OCc1ccccc1.Cl. The quantitative estimate of drug-likeness (QED) is 0.657. The van der Waals surface area contributed by atoms with Gasteiger partial charge >= 0.3 is 0 Å². The highest BCUT2D eigenvalue weighted by Gasteiger charge is 2.07. The normalized spacial score (nSPS) is 9.45. The third kappa shape index (κ3) is 3.90. The van der Waals surface area contributed by atoms with E-state index in [4.69, 9.17) is 20.6 Å². The van der Waals surface area contributed by atoms with Crippen LogP contribution in [0.5, 0.6) is 11.5 Å². The van der Waals surface area contributed by atoms with E-state index in [2.05, 4.69) is 0 Å². The Kier molecular flexibility index (Phi) is 5.87. The molecular formula is C15H17ClN2O2. The predicted molar refractivity (Wildman–Crippen MR) is 82.0 cm³/mol. The smallest absolute Gasteiger partial charge is 0.161 e. The van der Waals surface area contributed by atoms with Gasteiger partial charge in [-0.3, -0.25) is 5.41 Å². The molecule has 0 spiro atoms. The number of nitrogens with two attached hydrogens (primary N) is 1. The summed E-state index contributed by atoms with van der Waals surface area (Å²) in [5, 5.41) is 7.40. The second kappa shape index (κ2) is 7.40. The van der Waals surface area contributed by atoms with Crippen LogP contribution in [0.25, 0.3) is 0 Å². The van der Waals surface area contributed by atoms with E-state index < -0.39 is 0 Å². The Bertz CT molecular complexity index is 573. The molecule has 2 aromatic rings. The van der Waals surface area contributed by atoms with Crippen molar-refractivity contribution in [2.75, 3.05) is 7.11 Å². The number of ether oxygens (including phenoxy) is 2. The lowest BCUT2D eigenvalue weighted by atomic mass is 10.2. The zero-order chi connectivity index (χ0) is 13.7. The van der Waals surface area contributed by atoms with E-state index >= 15 is 0 Å². The van der Waals surface area contributed by atoms with Gasteiger partial charge in [-0.15, -0.1) is 12.4 Å². The number of methoxy groups -OCH3 is 1. The average molecular weight is 293 g/mol. The first kappa shape index (κ1) is 15.9. The molecule has 5 heteroatoms. The number of benzene rings is 2. The second-order valence-corrected chi connectivity index (χ2v) is 4.05. The fourth-order valence-corrected chi connectivity index (χ4v) is 1.69. The van der Waals surface area contributed by atoms with Crippen LogP contribution in [0.4, 0.5) is 0 Å². The molecule has 0 amide bonds. The molecule has 0 aliphatic rings. The van der Waals surface area contributed by atoms with Crippen molar-refractivity contribution in [3.8, 4) is 11.5 Å². The summed E-state index contributed by atoms with van der Waals surface area (Å²) in [6.45, 7) is 0.469. The number of hydrogen-bond donors (Lipinski definition) is 2. The Hall–Kier alpha value is -2.20. The molecule has 4 nitrogen and oxygen atoms in total. The second-order valence-electron chi connectivity index (χ2n) is 4.05. The number of nitrogen functional groups attached to an aromatic ring is 1. The summed E-state index contributed by atoms with van der Waals surface area (Å²) in [5.74, 6) is 1.22. The van der Waals surface area contributed by atoms with Crippen molar-refractivity contribution in [3.05, 3.63) is 59.7 Å². The number of rotatable bonds is 5. The van der Waals surface area contributed by atoms with E-state index in [1.54, 1.807) is 25.3 Å². The van der Waals surface area contributed by atoms with Gasteiger partial charge in [-0.25, -0.2) is 0 Å². The molecule has 2 rings (SSSR count). The van der Waals surface area contributed by atoms with Crippen LogP contribution in [0.15, 0.2) is 48.5 Å². The van der Waals surface area contributed by atoms with Crippen LogP contribution in [0.1, 0.15) is 11.1 Å². The van der Waals surface area contributed by atoms with Gasteiger partial charge in [0.05, 0.1) is 7.11 Å². The minimum atomic E-state index is 0. The highest BCUT2D eigenvalue weighted by molar-refractivity contribution is 5.95. The Balaban J connectivity index is 0.00000200. The number of nitrogens with one attached hydrogen (secondary N) is 1. The monoisotopic (exact) mass is 292 g/mol. The highest BCUT2D eigenvalue weighted by Crippen LogP contribution is 2.28. The van der Waals surface area contributed by atoms with Crippen LogP contribution in [0.2, 0.25) is 0 Å². The maximum absolute atomic E-state index is 7.40. The van der Waals surface area contributed by atoms with Crippen LogP contribution in [0.3, 0.4) is 0 Å². The maximum atomic E-state index is 7.40. The molecule has 2 aromatic carbocycles. The fourth-order valence-electron chi connectivity index (χ4n) is 1.69. The predicted octanol–water partition coefficient (Wildman–Crippen LogP) is 2.98. The van der Waals surface area contributed by atoms with Gasteiger partial charge in [-0.2, -0.15) is 0 Å². The van der Waals surface area contributed by atoms with Crippen LogP contribution in [-0.2, 0) is 6.61 Å². The first-order valence-electron chi connectivity index (χ1n) is 5.90. The van der Waals surface area contributed by atoms with Gasteiger partial charge in [0.15, 0.2) is 11.5 Å². The number of halogens is 1. The largest absolute Gasteiger partial charge is 0.493 e. The summed E-state index contributed by atoms with van der Waals surface area (Å²) in [7, 11) is 1.56. The van der Waals surface area contributed by atoms with E-state index in [1.165, 1.54) is 0 Å². The lowest BCUT2D eigenvalue weighted by Crippen LogP contribution is -2.11. The fraction of sp³-hybridized carbons (Fsp3) is 0.133.